The number of hydrogen-bond donors (Lipinski definition) is 1. The number of nitrogens with zero attached hydrogens (tertiary/aromatic N) is 2. The van der Waals surface area contributed by atoms with Crippen molar-refractivity contribution >= 4 is 17.3 Å². The fourth-order valence-electron chi connectivity index (χ4n) is 2.00. The first-order valence-corrected chi connectivity index (χ1v) is 7.11. The third-order valence-electron chi connectivity index (χ3n) is 3.13. The Bertz CT molecular complexity index is 776. The highest BCUT2D eigenvalue weighted by molar-refractivity contribution is 6.31. The van der Waals surface area contributed by atoms with Crippen LogP contribution in [0.4, 0.5) is 10.1 Å². The number of halogens is 2. The molecule has 0 aliphatic rings. The van der Waals surface area contributed by atoms with Crippen molar-refractivity contribution in [3.8, 4) is 11.5 Å². The third kappa shape index (κ3) is 3.09. The topological polar surface area (TPSA) is 51.0 Å². The molecular weight excluding hydrogens is 305 g/mol. The van der Waals surface area contributed by atoms with Crippen molar-refractivity contribution in [1.82, 2.24) is 10.2 Å². The molecule has 0 radical (unpaired) electrons. The second-order valence-electron chi connectivity index (χ2n) is 4.81. The van der Waals surface area contributed by atoms with Crippen LogP contribution in [0.3, 0.4) is 0 Å². The molecule has 0 aliphatic heterocycles. The van der Waals surface area contributed by atoms with Crippen LogP contribution in [0.1, 0.15) is 18.9 Å². The lowest BCUT2D eigenvalue weighted by atomic mass is 10.2. The summed E-state index contributed by atoms with van der Waals surface area (Å²) in [4.78, 5) is 0. The van der Waals surface area contributed by atoms with Crippen LogP contribution in [0.15, 0.2) is 52.9 Å². The molecule has 3 rings (SSSR count). The second kappa shape index (κ2) is 6.15. The maximum atomic E-state index is 13.1. The second-order valence-corrected chi connectivity index (χ2v) is 5.21. The van der Waals surface area contributed by atoms with Crippen LogP contribution < -0.4 is 5.32 Å². The smallest absolute Gasteiger partial charge is 0.247 e. The summed E-state index contributed by atoms with van der Waals surface area (Å²) in [6, 6.07) is 13.7. The highest BCUT2D eigenvalue weighted by atomic mass is 35.5. The van der Waals surface area contributed by atoms with Crippen LogP contribution in [0, 0.1) is 5.82 Å². The van der Waals surface area contributed by atoms with Crippen LogP contribution in [0.2, 0.25) is 5.02 Å². The molecule has 0 saturated carbocycles. The monoisotopic (exact) mass is 317 g/mol. The SMILES string of the molecule is C[C@@H](Nc1ccc(F)c(Cl)c1)c1nnc(-c2ccccc2)o1. The Morgan fingerprint density at radius 2 is 1.91 bits per heavy atom. The van der Waals surface area contributed by atoms with Gasteiger partial charge in [0.25, 0.3) is 0 Å². The van der Waals surface area contributed by atoms with Crippen LogP contribution >= 0.6 is 11.6 Å². The van der Waals surface area contributed by atoms with Crippen molar-refractivity contribution in [2.24, 2.45) is 0 Å². The molecule has 4 nitrogen and oxygen atoms in total. The molecule has 1 heterocycles. The number of anilines is 1. The Hall–Kier alpha value is -2.40. The average Bonchev–Trinajstić information content (AvgIpc) is 3.02. The molecule has 3 aromatic rings. The van der Waals surface area contributed by atoms with Gasteiger partial charge >= 0.3 is 0 Å². The first-order valence-electron chi connectivity index (χ1n) is 6.74. The van der Waals surface area contributed by atoms with Gasteiger partial charge in [0.2, 0.25) is 11.8 Å². The quantitative estimate of drug-likeness (QED) is 0.757. The van der Waals surface area contributed by atoms with Gasteiger partial charge in [-0.1, -0.05) is 29.8 Å². The summed E-state index contributed by atoms with van der Waals surface area (Å²) >= 11 is 5.76. The van der Waals surface area contributed by atoms with Gasteiger partial charge in [-0.05, 0) is 37.3 Å². The van der Waals surface area contributed by atoms with Gasteiger partial charge in [-0.2, -0.15) is 0 Å². The van der Waals surface area contributed by atoms with Crippen molar-refractivity contribution in [1.29, 1.82) is 0 Å². The lowest BCUT2D eigenvalue weighted by molar-refractivity contribution is 0.485. The highest BCUT2D eigenvalue weighted by Crippen LogP contribution is 2.25. The fourth-order valence-corrected chi connectivity index (χ4v) is 2.19. The van der Waals surface area contributed by atoms with Gasteiger partial charge in [-0.15, -0.1) is 10.2 Å². The summed E-state index contributed by atoms with van der Waals surface area (Å²) in [5.41, 5.74) is 1.54. The molecular formula is C16H13ClFN3O. The molecule has 1 atom stereocenters. The minimum Gasteiger partial charge on any atom is -0.418 e. The minimum atomic E-state index is -0.455. The van der Waals surface area contributed by atoms with Crippen molar-refractivity contribution < 1.29 is 8.81 Å². The summed E-state index contributed by atoms with van der Waals surface area (Å²) in [7, 11) is 0. The molecule has 0 bridgehead atoms. The lowest BCUT2D eigenvalue weighted by Gasteiger charge is -2.11. The summed E-state index contributed by atoms with van der Waals surface area (Å²) in [5.74, 6) is 0.449. The van der Waals surface area contributed by atoms with E-state index in [2.05, 4.69) is 15.5 Å². The highest BCUT2D eigenvalue weighted by Gasteiger charge is 2.15. The van der Waals surface area contributed by atoms with Crippen LogP contribution in [0.5, 0.6) is 0 Å². The number of aromatic nitrogens is 2. The van der Waals surface area contributed by atoms with Gasteiger partial charge in [0, 0.05) is 11.3 Å². The first-order chi connectivity index (χ1) is 10.6. The van der Waals surface area contributed by atoms with E-state index in [4.69, 9.17) is 16.0 Å². The molecule has 0 amide bonds. The van der Waals surface area contributed by atoms with E-state index in [9.17, 15) is 4.39 Å². The van der Waals surface area contributed by atoms with E-state index in [1.165, 1.54) is 12.1 Å². The summed E-state index contributed by atoms with van der Waals surface area (Å²) in [6.45, 7) is 1.87. The molecule has 6 heteroatoms. The van der Waals surface area contributed by atoms with Crippen LogP contribution in [-0.2, 0) is 0 Å². The number of nitrogens with one attached hydrogen (secondary N) is 1. The Morgan fingerprint density at radius 3 is 2.64 bits per heavy atom. The molecule has 112 valence electrons. The van der Waals surface area contributed by atoms with Crippen molar-refractivity contribution in [2.45, 2.75) is 13.0 Å². The van der Waals surface area contributed by atoms with Gasteiger partial charge in [0.15, 0.2) is 0 Å². The van der Waals surface area contributed by atoms with Gasteiger partial charge < -0.3 is 9.73 Å². The van der Waals surface area contributed by atoms with E-state index in [0.29, 0.717) is 17.5 Å². The summed E-state index contributed by atoms with van der Waals surface area (Å²) < 4.78 is 18.8. The van der Waals surface area contributed by atoms with Gasteiger partial charge in [-0.3, -0.25) is 0 Å². The van der Waals surface area contributed by atoms with E-state index in [1.54, 1.807) is 6.07 Å². The Kier molecular flexibility index (Phi) is 4.06. The van der Waals surface area contributed by atoms with Crippen molar-refractivity contribution in [3.05, 3.63) is 65.3 Å². The van der Waals surface area contributed by atoms with E-state index in [0.717, 1.165) is 5.56 Å². The lowest BCUT2D eigenvalue weighted by Crippen LogP contribution is -2.07. The number of rotatable bonds is 4. The van der Waals surface area contributed by atoms with Gasteiger partial charge in [0.1, 0.15) is 11.9 Å². The predicted molar refractivity (Wildman–Crippen MR) is 83.2 cm³/mol. The van der Waals surface area contributed by atoms with Crippen LogP contribution in [-0.4, -0.2) is 10.2 Å². The number of hydrogen-bond acceptors (Lipinski definition) is 4. The summed E-state index contributed by atoms with van der Waals surface area (Å²) in [5, 5.41) is 11.3. The molecule has 0 saturated heterocycles. The minimum absolute atomic E-state index is 0.0627. The zero-order valence-electron chi connectivity index (χ0n) is 11.8. The molecule has 0 spiro atoms. The Labute approximate surface area is 131 Å². The Morgan fingerprint density at radius 1 is 1.14 bits per heavy atom. The largest absolute Gasteiger partial charge is 0.418 e. The van der Waals surface area contributed by atoms with Gasteiger partial charge in [0.05, 0.1) is 5.02 Å². The number of benzene rings is 2. The predicted octanol–water partition coefficient (Wildman–Crippen LogP) is 4.70. The normalized spacial score (nSPS) is 12.1. The van der Waals surface area contributed by atoms with E-state index < -0.39 is 5.82 Å². The maximum absolute atomic E-state index is 13.1. The third-order valence-corrected chi connectivity index (χ3v) is 3.42. The molecule has 2 aromatic carbocycles. The summed E-state index contributed by atoms with van der Waals surface area (Å²) in [6.07, 6.45) is 0. The zero-order valence-corrected chi connectivity index (χ0v) is 12.5. The molecule has 0 fully saturated rings. The maximum Gasteiger partial charge on any atom is 0.247 e. The van der Waals surface area contributed by atoms with E-state index in [1.807, 2.05) is 37.3 Å². The molecule has 0 aliphatic carbocycles. The molecule has 0 unspecified atom stereocenters. The standard InChI is InChI=1S/C16H13ClFN3O/c1-10(19-12-7-8-14(18)13(17)9-12)15-20-21-16(22-15)11-5-3-2-4-6-11/h2-10,19H,1H3/t10-/m1/s1. The van der Waals surface area contributed by atoms with Crippen molar-refractivity contribution in [3.63, 3.8) is 0 Å². The fraction of sp³-hybridized carbons (Fsp3) is 0.125. The molecule has 22 heavy (non-hydrogen) atoms. The van der Waals surface area contributed by atoms with Crippen molar-refractivity contribution in [2.75, 3.05) is 5.32 Å². The molecule has 1 aromatic heterocycles. The zero-order chi connectivity index (χ0) is 15.5. The van der Waals surface area contributed by atoms with E-state index in [-0.39, 0.29) is 11.1 Å². The first kappa shape index (κ1) is 14.5. The molecule has 1 N–H and O–H groups in total. The van der Waals surface area contributed by atoms with Crippen LogP contribution in [0.25, 0.3) is 11.5 Å². The average molecular weight is 318 g/mol. The Balaban J connectivity index is 1.77. The van der Waals surface area contributed by atoms with E-state index >= 15 is 0 Å². The van der Waals surface area contributed by atoms with Gasteiger partial charge in [-0.25, -0.2) is 4.39 Å².